The molecule has 1 saturated heterocycles. The van der Waals surface area contributed by atoms with Crippen LogP contribution in [0, 0.1) is 5.92 Å². The molecular weight excluding hydrogens is 276 g/mol. The number of alkyl carbamates (subject to hydrolysis) is 1. The molecule has 1 heterocycles. The zero-order valence-corrected chi connectivity index (χ0v) is 13.2. The molecule has 1 fully saturated rings. The minimum Gasteiger partial charge on any atom is -0.469 e. The van der Waals surface area contributed by atoms with Gasteiger partial charge in [-0.1, -0.05) is 0 Å². The van der Waals surface area contributed by atoms with Gasteiger partial charge in [-0.15, -0.1) is 0 Å². The smallest absolute Gasteiger partial charge is 0.407 e. The molecule has 0 bridgehead atoms. The third-order valence-electron chi connectivity index (χ3n) is 2.97. The van der Waals surface area contributed by atoms with Gasteiger partial charge in [0.2, 0.25) is 0 Å². The highest BCUT2D eigenvalue weighted by Crippen LogP contribution is 2.14. The summed E-state index contributed by atoms with van der Waals surface area (Å²) in [5.41, 5.74) is -0.508. The van der Waals surface area contributed by atoms with Crippen molar-refractivity contribution in [3.8, 4) is 0 Å². The fraction of sp³-hybridized carbons (Fsp3) is 0.857. The molecule has 2 unspecified atom stereocenters. The van der Waals surface area contributed by atoms with Gasteiger partial charge in [0.1, 0.15) is 5.60 Å². The van der Waals surface area contributed by atoms with Gasteiger partial charge in [0, 0.05) is 19.6 Å². The number of hydrogen-bond acceptors (Lipinski definition) is 6. The summed E-state index contributed by atoms with van der Waals surface area (Å²) < 4.78 is 15.5. The molecule has 0 aromatic heterocycles. The number of amides is 1. The van der Waals surface area contributed by atoms with E-state index in [9.17, 15) is 9.59 Å². The van der Waals surface area contributed by atoms with Crippen LogP contribution in [0.2, 0.25) is 0 Å². The van der Waals surface area contributed by atoms with Crippen molar-refractivity contribution in [1.29, 1.82) is 0 Å². The molecule has 7 nitrogen and oxygen atoms in total. The monoisotopic (exact) mass is 302 g/mol. The van der Waals surface area contributed by atoms with E-state index in [0.717, 1.165) is 0 Å². The summed E-state index contributed by atoms with van der Waals surface area (Å²) in [4.78, 5) is 22.9. The van der Waals surface area contributed by atoms with Crippen molar-refractivity contribution in [1.82, 2.24) is 10.6 Å². The zero-order chi connectivity index (χ0) is 15.9. The number of ether oxygens (including phenoxy) is 3. The van der Waals surface area contributed by atoms with Crippen LogP contribution in [0.5, 0.6) is 0 Å². The van der Waals surface area contributed by atoms with Gasteiger partial charge in [-0.25, -0.2) is 4.79 Å². The number of rotatable bonds is 5. The molecule has 0 aromatic carbocycles. The summed E-state index contributed by atoms with van der Waals surface area (Å²) in [7, 11) is 1.39. The van der Waals surface area contributed by atoms with E-state index in [2.05, 4.69) is 10.6 Å². The highest BCUT2D eigenvalue weighted by molar-refractivity contribution is 5.72. The summed E-state index contributed by atoms with van der Waals surface area (Å²) in [6.45, 7) is 7.48. The fourth-order valence-electron chi connectivity index (χ4n) is 2.07. The number of esters is 1. The van der Waals surface area contributed by atoms with Gasteiger partial charge in [-0.2, -0.15) is 0 Å². The first-order chi connectivity index (χ1) is 9.81. The number of carbonyl (C=O) groups is 2. The molecule has 2 N–H and O–H groups in total. The molecule has 122 valence electrons. The molecule has 0 radical (unpaired) electrons. The van der Waals surface area contributed by atoms with Crippen molar-refractivity contribution < 1.29 is 23.8 Å². The maximum atomic E-state index is 11.5. The standard InChI is InChI=1S/C14H26N2O5/c1-14(2,3)21-13(18)16-5-6-20-11-7-10(8-15-9-11)12(17)19-4/h10-11,15H,5-9H2,1-4H3,(H,16,18). The molecule has 21 heavy (non-hydrogen) atoms. The van der Waals surface area contributed by atoms with E-state index in [0.29, 0.717) is 32.7 Å². The summed E-state index contributed by atoms with van der Waals surface area (Å²) >= 11 is 0. The molecule has 0 spiro atoms. The maximum absolute atomic E-state index is 11.5. The van der Waals surface area contributed by atoms with Crippen LogP contribution in [-0.2, 0) is 19.0 Å². The molecule has 1 amide bonds. The summed E-state index contributed by atoms with van der Waals surface area (Å²) in [6, 6.07) is 0. The van der Waals surface area contributed by atoms with Crippen LogP contribution in [0.25, 0.3) is 0 Å². The minimum atomic E-state index is -0.508. The molecule has 0 aliphatic carbocycles. The van der Waals surface area contributed by atoms with E-state index in [1.807, 2.05) is 20.8 Å². The fourth-order valence-corrected chi connectivity index (χ4v) is 2.07. The van der Waals surface area contributed by atoms with Crippen LogP contribution in [0.3, 0.4) is 0 Å². The van der Waals surface area contributed by atoms with Crippen molar-refractivity contribution in [3.63, 3.8) is 0 Å². The van der Waals surface area contributed by atoms with Crippen molar-refractivity contribution in [2.45, 2.75) is 38.9 Å². The number of piperidine rings is 1. The van der Waals surface area contributed by atoms with Gasteiger partial charge in [0.25, 0.3) is 0 Å². The molecular formula is C14H26N2O5. The van der Waals surface area contributed by atoms with E-state index in [1.165, 1.54) is 7.11 Å². The van der Waals surface area contributed by atoms with Gasteiger partial charge in [0.05, 0.1) is 25.7 Å². The predicted molar refractivity (Wildman–Crippen MR) is 77.0 cm³/mol. The molecule has 0 aromatic rings. The molecule has 1 aliphatic rings. The van der Waals surface area contributed by atoms with E-state index in [4.69, 9.17) is 14.2 Å². The Bertz CT molecular complexity index is 354. The van der Waals surface area contributed by atoms with Crippen LogP contribution in [0.4, 0.5) is 4.79 Å². The number of hydrogen-bond donors (Lipinski definition) is 2. The third kappa shape index (κ3) is 7.29. The predicted octanol–water partition coefficient (Wildman–Crippen LogP) is 0.679. The van der Waals surface area contributed by atoms with Gasteiger partial charge in [-0.05, 0) is 27.2 Å². The highest BCUT2D eigenvalue weighted by Gasteiger charge is 2.28. The topological polar surface area (TPSA) is 85.9 Å². The first-order valence-corrected chi connectivity index (χ1v) is 7.19. The second kappa shape index (κ2) is 8.19. The lowest BCUT2D eigenvalue weighted by Gasteiger charge is -2.28. The Hall–Kier alpha value is -1.34. The minimum absolute atomic E-state index is 0.0525. The lowest BCUT2D eigenvalue weighted by Crippen LogP contribution is -2.44. The van der Waals surface area contributed by atoms with E-state index in [1.54, 1.807) is 0 Å². The Morgan fingerprint density at radius 1 is 1.29 bits per heavy atom. The van der Waals surface area contributed by atoms with Crippen molar-refractivity contribution in [3.05, 3.63) is 0 Å². The average Bonchev–Trinajstić information content (AvgIpc) is 2.41. The Labute approximate surface area is 125 Å². The Balaban J connectivity index is 2.18. The van der Waals surface area contributed by atoms with Crippen LogP contribution >= 0.6 is 0 Å². The first kappa shape index (κ1) is 17.7. The number of nitrogens with one attached hydrogen (secondary N) is 2. The average molecular weight is 302 g/mol. The highest BCUT2D eigenvalue weighted by atomic mass is 16.6. The molecule has 2 atom stereocenters. The molecule has 1 aliphatic heterocycles. The van der Waals surface area contributed by atoms with Crippen LogP contribution in [-0.4, -0.2) is 57.1 Å². The first-order valence-electron chi connectivity index (χ1n) is 7.19. The Morgan fingerprint density at radius 2 is 2.00 bits per heavy atom. The second-order valence-electron chi connectivity index (χ2n) is 6.04. The Kier molecular flexibility index (Phi) is 6.91. The lowest BCUT2D eigenvalue weighted by molar-refractivity contribution is -0.147. The number of methoxy groups -OCH3 is 1. The summed E-state index contributed by atoms with van der Waals surface area (Å²) in [5.74, 6) is -0.393. The van der Waals surface area contributed by atoms with Crippen molar-refractivity contribution in [2.24, 2.45) is 5.92 Å². The van der Waals surface area contributed by atoms with Crippen molar-refractivity contribution >= 4 is 12.1 Å². The molecule has 7 heteroatoms. The molecule has 0 saturated carbocycles. The third-order valence-corrected chi connectivity index (χ3v) is 2.97. The van der Waals surface area contributed by atoms with Gasteiger partial charge < -0.3 is 24.8 Å². The lowest BCUT2D eigenvalue weighted by atomic mass is 9.98. The van der Waals surface area contributed by atoms with Crippen LogP contribution in [0.15, 0.2) is 0 Å². The normalized spacial score (nSPS) is 22.5. The quantitative estimate of drug-likeness (QED) is 0.574. The van der Waals surface area contributed by atoms with E-state index >= 15 is 0 Å². The van der Waals surface area contributed by atoms with Gasteiger partial charge in [-0.3, -0.25) is 4.79 Å². The maximum Gasteiger partial charge on any atom is 0.407 e. The van der Waals surface area contributed by atoms with E-state index in [-0.39, 0.29) is 18.0 Å². The summed E-state index contributed by atoms with van der Waals surface area (Å²) in [6.07, 6.45) is 0.121. The van der Waals surface area contributed by atoms with Gasteiger partial charge in [0.15, 0.2) is 0 Å². The van der Waals surface area contributed by atoms with Crippen LogP contribution < -0.4 is 10.6 Å². The molecule has 1 rings (SSSR count). The second-order valence-corrected chi connectivity index (χ2v) is 6.04. The SMILES string of the molecule is COC(=O)C1CNCC(OCCNC(=O)OC(C)(C)C)C1. The van der Waals surface area contributed by atoms with E-state index < -0.39 is 11.7 Å². The number of carbonyl (C=O) groups excluding carboxylic acids is 2. The largest absolute Gasteiger partial charge is 0.469 e. The van der Waals surface area contributed by atoms with Crippen LogP contribution in [0.1, 0.15) is 27.2 Å². The van der Waals surface area contributed by atoms with Gasteiger partial charge >= 0.3 is 12.1 Å². The summed E-state index contributed by atoms with van der Waals surface area (Å²) in [5, 5.41) is 5.77. The zero-order valence-electron chi connectivity index (χ0n) is 13.2. The van der Waals surface area contributed by atoms with Crippen molar-refractivity contribution in [2.75, 3.05) is 33.4 Å². The Morgan fingerprint density at radius 3 is 2.62 bits per heavy atom.